The summed E-state index contributed by atoms with van der Waals surface area (Å²) in [6.07, 6.45) is -9.81. The van der Waals surface area contributed by atoms with Crippen molar-refractivity contribution in [3.8, 4) is 0 Å². The molecule has 1 aliphatic heterocycles. The van der Waals surface area contributed by atoms with Gasteiger partial charge in [0.15, 0.2) is 11.9 Å². The van der Waals surface area contributed by atoms with E-state index in [0.29, 0.717) is 18.5 Å². The van der Waals surface area contributed by atoms with Crippen molar-refractivity contribution in [2.75, 3.05) is 5.73 Å². The molecule has 0 amide bonds. The van der Waals surface area contributed by atoms with Crippen molar-refractivity contribution in [2.45, 2.75) is 77.3 Å². The molecule has 11 nitrogen and oxygen atoms in total. The SMILES string of the molecule is CCCCn1c(=O)n(C2OC([C@@H](OC(C)=O)C(F)(F)F)CC2OC(C)=O)c2nc(N)ncc21. The van der Waals surface area contributed by atoms with Gasteiger partial charge in [-0.25, -0.2) is 14.3 Å². The van der Waals surface area contributed by atoms with E-state index < -0.39 is 54.8 Å². The van der Waals surface area contributed by atoms with Crippen molar-refractivity contribution in [2.24, 2.45) is 0 Å². The molecule has 3 rings (SSSR count). The molecule has 0 radical (unpaired) electrons. The first kappa shape index (κ1) is 24.5. The maximum Gasteiger partial charge on any atom is 0.428 e. The molecule has 1 aliphatic rings. The lowest BCUT2D eigenvalue weighted by Crippen LogP contribution is -2.43. The number of unbranched alkanes of at least 4 members (excludes halogenated alkanes) is 1. The van der Waals surface area contributed by atoms with E-state index in [9.17, 15) is 27.6 Å². The first-order chi connectivity index (χ1) is 15.4. The summed E-state index contributed by atoms with van der Waals surface area (Å²) in [6.45, 7) is 4.12. The van der Waals surface area contributed by atoms with Gasteiger partial charge < -0.3 is 19.9 Å². The van der Waals surface area contributed by atoms with E-state index in [1.54, 1.807) is 0 Å². The Kier molecular flexibility index (Phi) is 6.95. The largest absolute Gasteiger partial charge is 0.458 e. The third-order valence-corrected chi connectivity index (χ3v) is 5.08. The minimum absolute atomic E-state index is 0.0162. The number of aryl methyl sites for hydroxylation is 1. The molecule has 3 heterocycles. The van der Waals surface area contributed by atoms with Gasteiger partial charge in [0.25, 0.3) is 0 Å². The molecule has 2 aromatic heterocycles. The quantitative estimate of drug-likeness (QED) is 0.592. The number of alkyl halides is 3. The van der Waals surface area contributed by atoms with E-state index in [1.165, 1.54) is 10.8 Å². The molecule has 0 spiro atoms. The van der Waals surface area contributed by atoms with E-state index in [1.807, 2.05) is 6.92 Å². The van der Waals surface area contributed by atoms with Gasteiger partial charge in [-0.05, 0) is 6.42 Å². The molecule has 0 saturated carbocycles. The predicted octanol–water partition coefficient (Wildman–Crippen LogP) is 1.69. The van der Waals surface area contributed by atoms with Gasteiger partial charge >= 0.3 is 23.8 Å². The van der Waals surface area contributed by atoms with Crippen LogP contribution in [0.15, 0.2) is 11.0 Å². The third kappa shape index (κ3) is 5.10. The van der Waals surface area contributed by atoms with Gasteiger partial charge in [-0.1, -0.05) is 13.3 Å². The van der Waals surface area contributed by atoms with Crippen molar-refractivity contribution in [1.82, 2.24) is 19.1 Å². The number of nitrogens with zero attached hydrogens (tertiary/aromatic N) is 4. The van der Waals surface area contributed by atoms with Crippen LogP contribution in [0, 0.1) is 0 Å². The number of nitrogen functional groups attached to an aromatic ring is 1. The lowest BCUT2D eigenvalue weighted by Gasteiger charge is -2.25. The molecule has 182 valence electrons. The van der Waals surface area contributed by atoms with Crippen molar-refractivity contribution in [1.29, 1.82) is 0 Å². The van der Waals surface area contributed by atoms with Crippen LogP contribution in [0.4, 0.5) is 19.1 Å². The Hall–Kier alpha value is -3.16. The van der Waals surface area contributed by atoms with Gasteiger partial charge in [-0.3, -0.25) is 14.2 Å². The van der Waals surface area contributed by atoms with Crippen LogP contribution in [0.3, 0.4) is 0 Å². The number of rotatable bonds is 7. The normalized spacial score (nSPS) is 21.8. The molecule has 0 aromatic carbocycles. The van der Waals surface area contributed by atoms with Gasteiger partial charge in [-0.2, -0.15) is 18.2 Å². The minimum atomic E-state index is -4.96. The Morgan fingerprint density at radius 3 is 2.61 bits per heavy atom. The highest BCUT2D eigenvalue weighted by Crippen LogP contribution is 2.39. The van der Waals surface area contributed by atoms with Gasteiger partial charge in [0.2, 0.25) is 12.1 Å². The fourth-order valence-electron chi connectivity index (χ4n) is 3.77. The van der Waals surface area contributed by atoms with Crippen LogP contribution in [-0.2, 0) is 30.3 Å². The first-order valence-corrected chi connectivity index (χ1v) is 10.2. The summed E-state index contributed by atoms with van der Waals surface area (Å²) < 4.78 is 58.4. The third-order valence-electron chi connectivity index (χ3n) is 5.08. The summed E-state index contributed by atoms with van der Waals surface area (Å²) in [7, 11) is 0. The summed E-state index contributed by atoms with van der Waals surface area (Å²) >= 11 is 0. The van der Waals surface area contributed by atoms with E-state index >= 15 is 0 Å². The smallest absolute Gasteiger partial charge is 0.428 e. The number of imidazole rings is 1. The van der Waals surface area contributed by atoms with E-state index in [4.69, 9.17) is 15.2 Å². The van der Waals surface area contributed by atoms with Crippen LogP contribution in [0.5, 0.6) is 0 Å². The number of aromatic nitrogens is 4. The number of esters is 2. The molecule has 14 heteroatoms. The Morgan fingerprint density at radius 1 is 1.33 bits per heavy atom. The van der Waals surface area contributed by atoms with Crippen molar-refractivity contribution in [3.63, 3.8) is 0 Å². The Morgan fingerprint density at radius 2 is 2.03 bits per heavy atom. The zero-order chi connectivity index (χ0) is 24.5. The van der Waals surface area contributed by atoms with Crippen molar-refractivity contribution < 1.29 is 37.0 Å². The lowest BCUT2D eigenvalue weighted by molar-refractivity contribution is -0.248. The summed E-state index contributed by atoms with van der Waals surface area (Å²) in [5.41, 5.74) is 5.34. The van der Waals surface area contributed by atoms with Crippen LogP contribution < -0.4 is 11.4 Å². The number of halogens is 3. The number of anilines is 1. The molecule has 4 atom stereocenters. The predicted molar refractivity (Wildman–Crippen MR) is 107 cm³/mol. The molecular weight excluding hydrogens is 451 g/mol. The summed E-state index contributed by atoms with van der Waals surface area (Å²) in [5, 5.41) is 0. The number of hydrogen-bond acceptors (Lipinski definition) is 9. The Bertz CT molecular complexity index is 1100. The molecule has 33 heavy (non-hydrogen) atoms. The van der Waals surface area contributed by atoms with Gasteiger partial charge in [0.05, 0.1) is 6.20 Å². The number of nitrogens with two attached hydrogens (primary N) is 1. The number of ether oxygens (including phenoxy) is 3. The van der Waals surface area contributed by atoms with Crippen LogP contribution in [0.1, 0.15) is 46.3 Å². The molecule has 3 unspecified atom stereocenters. The molecule has 2 N–H and O–H groups in total. The average molecular weight is 475 g/mol. The van der Waals surface area contributed by atoms with Crippen LogP contribution in [0.25, 0.3) is 11.2 Å². The zero-order valence-corrected chi connectivity index (χ0v) is 18.2. The zero-order valence-electron chi connectivity index (χ0n) is 18.2. The van der Waals surface area contributed by atoms with Crippen LogP contribution in [0.2, 0.25) is 0 Å². The maximum atomic E-state index is 13.6. The van der Waals surface area contributed by atoms with E-state index in [2.05, 4.69) is 14.7 Å². The fraction of sp³-hybridized carbons (Fsp3) is 0.632. The number of carbonyl (C=O) groups is 2. The van der Waals surface area contributed by atoms with Gasteiger partial charge in [0, 0.05) is 26.8 Å². The van der Waals surface area contributed by atoms with Crippen molar-refractivity contribution >= 4 is 29.1 Å². The molecule has 2 aromatic rings. The highest BCUT2D eigenvalue weighted by Gasteiger charge is 2.54. The molecule has 0 bridgehead atoms. The van der Waals surface area contributed by atoms with Crippen LogP contribution in [-0.4, -0.2) is 55.5 Å². The van der Waals surface area contributed by atoms with E-state index in [0.717, 1.165) is 24.8 Å². The Labute approximate surface area is 185 Å². The second-order valence-corrected chi connectivity index (χ2v) is 7.62. The van der Waals surface area contributed by atoms with Crippen LogP contribution >= 0.6 is 0 Å². The number of carbonyl (C=O) groups excluding carboxylic acids is 2. The molecule has 0 aliphatic carbocycles. The second-order valence-electron chi connectivity index (χ2n) is 7.62. The Balaban J connectivity index is 2.12. The number of fused-ring (bicyclic) bond motifs is 1. The van der Waals surface area contributed by atoms with Gasteiger partial charge in [0.1, 0.15) is 17.7 Å². The second kappa shape index (κ2) is 9.37. The maximum absolute atomic E-state index is 13.6. The van der Waals surface area contributed by atoms with Gasteiger partial charge in [-0.15, -0.1) is 0 Å². The topological polar surface area (TPSA) is 141 Å². The minimum Gasteiger partial charge on any atom is -0.458 e. The fourth-order valence-corrected chi connectivity index (χ4v) is 3.77. The summed E-state index contributed by atoms with van der Waals surface area (Å²) in [4.78, 5) is 44.2. The highest BCUT2D eigenvalue weighted by atomic mass is 19.4. The molecule has 1 saturated heterocycles. The standard InChI is InChI=1S/C19H24F3N5O6/c1-4-5-6-26-11-8-24-17(23)25-15(11)27(18(26)30)16-13(31-9(2)28)7-12(33-16)14(19(20,21)22)32-10(3)29/h8,12-14,16H,4-7H2,1-3H3,(H2,23,24,25)/t12?,13?,14-,16?/m1/s1. The lowest BCUT2D eigenvalue weighted by atomic mass is 10.1. The number of hydrogen-bond donors (Lipinski definition) is 1. The summed E-state index contributed by atoms with van der Waals surface area (Å²) in [5.74, 6) is -2.12. The summed E-state index contributed by atoms with van der Waals surface area (Å²) in [6, 6.07) is 0. The average Bonchev–Trinajstić information content (AvgIpc) is 3.20. The highest BCUT2D eigenvalue weighted by molar-refractivity contribution is 5.72. The van der Waals surface area contributed by atoms with E-state index in [-0.39, 0.29) is 11.6 Å². The first-order valence-electron chi connectivity index (χ1n) is 10.2. The molecule has 1 fully saturated rings. The van der Waals surface area contributed by atoms with Crippen molar-refractivity contribution in [3.05, 3.63) is 16.7 Å². The molecular formula is C19H24F3N5O6. The monoisotopic (exact) mass is 475 g/mol.